The molecule has 0 fully saturated rings. The van der Waals surface area contributed by atoms with Gasteiger partial charge in [0.25, 0.3) is 21.8 Å². The van der Waals surface area contributed by atoms with Gasteiger partial charge in [-0.2, -0.15) is 0 Å². The van der Waals surface area contributed by atoms with Gasteiger partial charge in [0.2, 0.25) is 0 Å². The lowest BCUT2D eigenvalue weighted by Crippen LogP contribution is -2.41. The van der Waals surface area contributed by atoms with Gasteiger partial charge in [0.15, 0.2) is 0 Å². The molecule has 0 aliphatic rings. The van der Waals surface area contributed by atoms with Crippen molar-refractivity contribution in [2.45, 2.75) is 11.8 Å². The van der Waals surface area contributed by atoms with Gasteiger partial charge in [0, 0.05) is 11.1 Å². The minimum atomic E-state index is -4.05. The summed E-state index contributed by atoms with van der Waals surface area (Å²) >= 11 is 0. The van der Waals surface area contributed by atoms with Gasteiger partial charge in [-0.3, -0.25) is 25.2 Å². The van der Waals surface area contributed by atoms with Gasteiger partial charge in [0.1, 0.15) is 11.6 Å². The van der Waals surface area contributed by atoms with Crippen molar-refractivity contribution in [3.05, 3.63) is 89.7 Å². The van der Waals surface area contributed by atoms with Crippen molar-refractivity contribution < 1.29 is 27.1 Å². The van der Waals surface area contributed by atoms with Gasteiger partial charge in [-0.15, -0.1) is 0 Å². The van der Waals surface area contributed by atoms with E-state index in [4.69, 9.17) is 4.74 Å². The molecule has 3 aromatic rings. The Morgan fingerprint density at radius 2 is 1.38 bits per heavy atom. The monoisotopic (exact) mass is 457 g/mol. The minimum absolute atomic E-state index is 0.113. The maximum atomic E-state index is 13.7. The van der Waals surface area contributed by atoms with E-state index in [1.807, 2.05) is 6.92 Å². The Morgan fingerprint density at radius 3 is 1.91 bits per heavy atom. The van der Waals surface area contributed by atoms with Crippen LogP contribution in [0.1, 0.15) is 27.6 Å². The normalized spacial score (nSPS) is 10.8. The summed E-state index contributed by atoms with van der Waals surface area (Å²) in [7, 11) is -4.05. The number of hydrogen-bond donors (Lipinski definition) is 3. The molecule has 3 aromatic carbocycles. The van der Waals surface area contributed by atoms with Crippen molar-refractivity contribution in [1.29, 1.82) is 0 Å². The second-order valence-corrected chi connectivity index (χ2v) is 8.16. The molecule has 0 aliphatic carbocycles. The van der Waals surface area contributed by atoms with E-state index in [0.717, 1.165) is 6.07 Å². The van der Waals surface area contributed by atoms with Crippen LogP contribution in [0, 0.1) is 5.82 Å². The standard InChI is InChI=1S/C22H20FN3O5S/c1-2-31-17-11-7-15(8-12-17)21(27)24-25-22(28)16-9-13-18(14-10-16)32(29,30)26-20-6-4-3-5-19(20)23/h3-14,26H,2H2,1H3,(H,24,27)(H,25,28). The lowest BCUT2D eigenvalue weighted by Gasteiger charge is -2.10. The van der Waals surface area contributed by atoms with Crippen molar-refractivity contribution in [3.63, 3.8) is 0 Å². The molecule has 0 saturated carbocycles. The first-order valence-corrected chi connectivity index (χ1v) is 11.0. The highest BCUT2D eigenvalue weighted by molar-refractivity contribution is 7.92. The van der Waals surface area contributed by atoms with Crippen LogP contribution in [0.3, 0.4) is 0 Å². The van der Waals surface area contributed by atoms with E-state index < -0.39 is 27.7 Å². The number of halogens is 1. The summed E-state index contributed by atoms with van der Waals surface area (Å²) < 4.78 is 46.0. The summed E-state index contributed by atoms with van der Waals surface area (Å²) in [6, 6.07) is 16.7. The second kappa shape index (κ2) is 9.92. The molecule has 0 bridgehead atoms. The summed E-state index contributed by atoms with van der Waals surface area (Å²) in [4.78, 5) is 24.3. The smallest absolute Gasteiger partial charge is 0.269 e. The molecule has 0 heterocycles. The molecule has 32 heavy (non-hydrogen) atoms. The van der Waals surface area contributed by atoms with E-state index >= 15 is 0 Å². The Labute approximate surface area is 184 Å². The fourth-order valence-electron chi connectivity index (χ4n) is 2.66. The van der Waals surface area contributed by atoms with E-state index in [1.54, 1.807) is 24.3 Å². The number of amides is 2. The van der Waals surface area contributed by atoms with Crippen LogP contribution in [-0.4, -0.2) is 26.8 Å². The average molecular weight is 457 g/mol. The number of sulfonamides is 1. The van der Waals surface area contributed by atoms with Gasteiger partial charge in [-0.1, -0.05) is 12.1 Å². The first-order chi connectivity index (χ1) is 15.3. The zero-order valence-electron chi connectivity index (χ0n) is 17.0. The summed E-state index contributed by atoms with van der Waals surface area (Å²) in [6.07, 6.45) is 0. The Hall–Kier alpha value is -3.92. The van der Waals surface area contributed by atoms with Gasteiger partial charge in [-0.05, 0) is 67.6 Å². The first-order valence-electron chi connectivity index (χ1n) is 9.51. The molecular weight excluding hydrogens is 437 g/mol. The van der Waals surface area contributed by atoms with Crippen LogP contribution in [0.25, 0.3) is 0 Å². The molecule has 0 unspecified atom stereocenters. The lowest BCUT2D eigenvalue weighted by molar-refractivity contribution is 0.0846. The SMILES string of the molecule is CCOc1ccc(C(=O)NNC(=O)c2ccc(S(=O)(=O)Nc3ccccc3F)cc2)cc1. The Bertz CT molecular complexity index is 1210. The molecule has 3 N–H and O–H groups in total. The molecule has 166 valence electrons. The van der Waals surface area contributed by atoms with Crippen LogP contribution in [0.2, 0.25) is 0 Å². The van der Waals surface area contributed by atoms with Crippen molar-refractivity contribution in [2.24, 2.45) is 0 Å². The zero-order valence-corrected chi connectivity index (χ0v) is 17.8. The number of carbonyl (C=O) groups is 2. The number of anilines is 1. The van der Waals surface area contributed by atoms with Crippen LogP contribution in [0.5, 0.6) is 5.75 Å². The quantitative estimate of drug-likeness (QED) is 0.472. The number of rotatable bonds is 7. The highest BCUT2D eigenvalue weighted by Gasteiger charge is 2.17. The van der Waals surface area contributed by atoms with Crippen molar-refractivity contribution in [1.82, 2.24) is 10.9 Å². The lowest BCUT2D eigenvalue weighted by atomic mass is 10.2. The Balaban J connectivity index is 1.61. The van der Waals surface area contributed by atoms with E-state index in [-0.39, 0.29) is 16.1 Å². The molecule has 0 atom stereocenters. The first kappa shape index (κ1) is 22.8. The number of hydrogen-bond acceptors (Lipinski definition) is 5. The van der Waals surface area contributed by atoms with Gasteiger partial charge in [0.05, 0.1) is 17.2 Å². The van der Waals surface area contributed by atoms with Gasteiger partial charge < -0.3 is 4.74 Å². The van der Waals surface area contributed by atoms with Crippen LogP contribution in [0.15, 0.2) is 77.7 Å². The molecule has 10 heteroatoms. The fourth-order valence-corrected chi connectivity index (χ4v) is 3.73. The third-order valence-electron chi connectivity index (χ3n) is 4.26. The summed E-state index contributed by atoms with van der Waals surface area (Å²) in [5.41, 5.74) is 4.78. The van der Waals surface area contributed by atoms with Crippen LogP contribution in [0.4, 0.5) is 10.1 Å². The third kappa shape index (κ3) is 5.61. The van der Waals surface area contributed by atoms with E-state index in [2.05, 4.69) is 15.6 Å². The number of para-hydroxylation sites is 1. The number of nitrogens with one attached hydrogen (secondary N) is 3. The molecule has 0 radical (unpaired) electrons. The summed E-state index contributed by atoms with van der Waals surface area (Å²) in [5, 5.41) is 0. The molecule has 0 spiro atoms. The Morgan fingerprint density at radius 1 is 0.844 bits per heavy atom. The third-order valence-corrected chi connectivity index (χ3v) is 5.64. The maximum absolute atomic E-state index is 13.7. The highest BCUT2D eigenvalue weighted by Crippen LogP contribution is 2.19. The Kier molecular flexibility index (Phi) is 7.06. The van der Waals surface area contributed by atoms with Crippen LogP contribution < -0.4 is 20.3 Å². The van der Waals surface area contributed by atoms with E-state index in [9.17, 15) is 22.4 Å². The predicted octanol–water partition coefficient (Wildman–Crippen LogP) is 3.10. The summed E-state index contributed by atoms with van der Waals surface area (Å²) in [6.45, 7) is 2.35. The highest BCUT2D eigenvalue weighted by atomic mass is 32.2. The summed E-state index contributed by atoms with van der Waals surface area (Å²) in [5.74, 6) is -1.27. The van der Waals surface area contributed by atoms with Gasteiger partial charge >= 0.3 is 0 Å². The largest absolute Gasteiger partial charge is 0.494 e. The molecule has 0 aromatic heterocycles. The van der Waals surface area contributed by atoms with E-state index in [1.165, 1.54) is 42.5 Å². The van der Waals surface area contributed by atoms with Crippen molar-refractivity contribution in [2.75, 3.05) is 11.3 Å². The molecule has 8 nitrogen and oxygen atoms in total. The number of carbonyl (C=O) groups excluding carboxylic acids is 2. The van der Waals surface area contributed by atoms with Crippen LogP contribution in [-0.2, 0) is 10.0 Å². The molecule has 0 saturated heterocycles. The number of ether oxygens (including phenoxy) is 1. The molecule has 0 aliphatic heterocycles. The zero-order chi connectivity index (χ0) is 23.1. The second-order valence-electron chi connectivity index (χ2n) is 6.48. The molecule has 3 rings (SSSR count). The van der Waals surface area contributed by atoms with Crippen molar-refractivity contribution >= 4 is 27.5 Å². The molecule has 2 amide bonds. The van der Waals surface area contributed by atoms with Crippen molar-refractivity contribution in [3.8, 4) is 5.75 Å². The van der Waals surface area contributed by atoms with E-state index in [0.29, 0.717) is 17.9 Å². The molecular formula is C22H20FN3O5S. The maximum Gasteiger partial charge on any atom is 0.269 e. The average Bonchev–Trinajstić information content (AvgIpc) is 2.79. The number of hydrazine groups is 1. The topological polar surface area (TPSA) is 114 Å². The minimum Gasteiger partial charge on any atom is -0.494 e. The number of benzene rings is 3. The predicted molar refractivity (Wildman–Crippen MR) is 116 cm³/mol. The fraction of sp³-hybridized carbons (Fsp3) is 0.0909. The van der Waals surface area contributed by atoms with Crippen LogP contribution >= 0.6 is 0 Å². The van der Waals surface area contributed by atoms with Gasteiger partial charge in [-0.25, -0.2) is 12.8 Å².